The molecule has 0 radical (unpaired) electrons. The molecule has 0 aliphatic carbocycles. The first-order valence-corrected chi connectivity index (χ1v) is 7.32. The highest BCUT2D eigenvalue weighted by molar-refractivity contribution is 6.08. The van der Waals surface area contributed by atoms with E-state index < -0.39 is 17.8 Å². The molecule has 0 unspecified atom stereocenters. The number of hydrogen-bond donors (Lipinski definition) is 1. The normalized spacial score (nSPS) is 9.92. The molecule has 0 aliphatic heterocycles. The van der Waals surface area contributed by atoms with Crippen molar-refractivity contribution < 1.29 is 23.9 Å². The van der Waals surface area contributed by atoms with E-state index >= 15 is 0 Å². The Hall–Kier alpha value is -3.15. The standard InChI is InChI=1S/C18H17NO5/c1-3-24-18(22)14-6-4-5-7-15(14)19-16(20)12-8-10-13(11-9-12)17(21)23-2/h4-11H,3H2,1-2H3,(H,19,20). The van der Waals surface area contributed by atoms with Crippen LogP contribution in [0.4, 0.5) is 5.69 Å². The number of anilines is 1. The van der Waals surface area contributed by atoms with Crippen LogP contribution in [0.5, 0.6) is 0 Å². The van der Waals surface area contributed by atoms with E-state index in [4.69, 9.17) is 4.74 Å². The van der Waals surface area contributed by atoms with E-state index in [9.17, 15) is 14.4 Å². The average Bonchev–Trinajstić information content (AvgIpc) is 2.61. The summed E-state index contributed by atoms with van der Waals surface area (Å²) in [4.78, 5) is 35.6. The molecule has 0 spiro atoms. The van der Waals surface area contributed by atoms with Crippen molar-refractivity contribution in [2.75, 3.05) is 19.0 Å². The molecule has 2 rings (SSSR count). The van der Waals surface area contributed by atoms with E-state index in [1.165, 1.54) is 31.4 Å². The molecule has 6 heteroatoms. The fourth-order valence-corrected chi connectivity index (χ4v) is 2.05. The minimum atomic E-state index is -0.505. The lowest BCUT2D eigenvalue weighted by Gasteiger charge is -2.10. The summed E-state index contributed by atoms with van der Waals surface area (Å²) >= 11 is 0. The van der Waals surface area contributed by atoms with Crippen LogP contribution in [0, 0.1) is 0 Å². The van der Waals surface area contributed by atoms with E-state index in [1.54, 1.807) is 31.2 Å². The molecule has 2 aromatic carbocycles. The molecule has 0 saturated carbocycles. The Morgan fingerprint density at radius 1 is 0.917 bits per heavy atom. The second kappa shape index (κ2) is 7.92. The number of hydrogen-bond acceptors (Lipinski definition) is 5. The predicted octanol–water partition coefficient (Wildman–Crippen LogP) is 2.90. The molecule has 0 heterocycles. The number of methoxy groups -OCH3 is 1. The van der Waals surface area contributed by atoms with Crippen LogP contribution in [-0.4, -0.2) is 31.6 Å². The molecule has 124 valence electrons. The van der Waals surface area contributed by atoms with Crippen molar-refractivity contribution in [3.63, 3.8) is 0 Å². The Bertz CT molecular complexity index is 752. The summed E-state index contributed by atoms with van der Waals surface area (Å²) in [7, 11) is 1.29. The highest BCUT2D eigenvalue weighted by Crippen LogP contribution is 2.17. The molecule has 1 N–H and O–H groups in total. The number of carbonyl (C=O) groups is 3. The third-order valence-corrected chi connectivity index (χ3v) is 3.24. The van der Waals surface area contributed by atoms with Gasteiger partial charge in [-0.2, -0.15) is 0 Å². The summed E-state index contributed by atoms with van der Waals surface area (Å²) in [6.07, 6.45) is 0. The van der Waals surface area contributed by atoms with Crippen molar-refractivity contribution in [3.8, 4) is 0 Å². The zero-order valence-corrected chi connectivity index (χ0v) is 13.4. The molecular formula is C18H17NO5. The Kier molecular flexibility index (Phi) is 5.68. The van der Waals surface area contributed by atoms with Gasteiger partial charge in [-0.25, -0.2) is 9.59 Å². The van der Waals surface area contributed by atoms with Crippen LogP contribution in [-0.2, 0) is 9.47 Å². The van der Waals surface area contributed by atoms with Gasteiger partial charge in [0.2, 0.25) is 0 Å². The maximum atomic E-state index is 12.3. The molecule has 0 atom stereocenters. The topological polar surface area (TPSA) is 81.7 Å². The van der Waals surface area contributed by atoms with Crippen LogP contribution >= 0.6 is 0 Å². The van der Waals surface area contributed by atoms with Gasteiger partial charge >= 0.3 is 11.9 Å². The summed E-state index contributed by atoms with van der Waals surface area (Å²) in [5.74, 6) is -1.38. The van der Waals surface area contributed by atoms with Crippen molar-refractivity contribution in [2.45, 2.75) is 6.92 Å². The van der Waals surface area contributed by atoms with E-state index in [0.717, 1.165) is 0 Å². The number of benzene rings is 2. The first-order chi connectivity index (χ1) is 11.6. The fourth-order valence-electron chi connectivity index (χ4n) is 2.05. The third-order valence-electron chi connectivity index (χ3n) is 3.24. The van der Waals surface area contributed by atoms with Gasteiger partial charge in [0.05, 0.1) is 30.5 Å². The zero-order valence-electron chi connectivity index (χ0n) is 13.4. The summed E-state index contributed by atoms with van der Waals surface area (Å²) < 4.78 is 9.58. The number of rotatable bonds is 5. The third kappa shape index (κ3) is 3.98. The number of carbonyl (C=O) groups excluding carboxylic acids is 3. The Morgan fingerprint density at radius 3 is 2.17 bits per heavy atom. The van der Waals surface area contributed by atoms with E-state index in [0.29, 0.717) is 16.8 Å². The maximum Gasteiger partial charge on any atom is 0.340 e. The summed E-state index contributed by atoms with van der Waals surface area (Å²) in [6.45, 7) is 1.96. The van der Waals surface area contributed by atoms with Crippen molar-refractivity contribution in [2.24, 2.45) is 0 Å². The van der Waals surface area contributed by atoms with Crippen molar-refractivity contribution in [1.82, 2.24) is 0 Å². The zero-order chi connectivity index (χ0) is 17.5. The lowest BCUT2D eigenvalue weighted by Crippen LogP contribution is -2.16. The molecule has 0 saturated heterocycles. The minimum absolute atomic E-state index is 0.246. The van der Waals surface area contributed by atoms with Crippen molar-refractivity contribution >= 4 is 23.5 Å². The van der Waals surface area contributed by atoms with Crippen LogP contribution in [0.1, 0.15) is 38.0 Å². The number of nitrogens with one attached hydrogen (secondary N) is 1. The monoisotopic (exact) mass is 327 g/mol. The highest BCUT2D eigenvalue weighted by atomic mass is 16.5. The fraction of sp³-hybridized carbons (Fsp3) is 0.167. The van der Waals surface area contributed by atoms with Gasteiger partial charge in [-0.05, 0) is 43.3 Å². The predicted molar refractivity (Wildman–Crippen MR) is 88.1 cm³/mol. The van der Waals surface area contributed by atoms with Gasteiger partial charge < -0.3 is 14.8 Å². The van der Waals surface area contributed by atoms with Crippen molar-refractivity contribution in [1.29, 1.82) is 0 Å². The Balaban J connectivity index is 2.18. The lowest BCUT2D eigenvalue weighted by molar-refractivity contribution is 0.0526. The number of para-hydroxylation sites is 1. The molecule has 0 fully saturated rings. The quantitative estimate of drug-likeness (QED) is 0.854. The largest absolute Gasteiger partial charge is 0.465 e. The van der Waals surface area contributed by atoms with E-state index in [2.05, 4.69) is 10.1 Å². The van der Waals surface area contributed by atoms with Crippen LogP contribution in [0.25, 0.3) is 0 Å². The molecule has 2 aromatic rings. The van der Waals surface area contributed by atoms with Gasteiger partial charge in [-0.3, -0.25) is 4.79 Å². The lowest BCUT2D eigenvalue weighted by atomic mass is 10.1. The van der Waals surface area contributed by atoms with E-state index in [-0.39, 0.29) is 12.2 Å². The van der Waals surface area contributed by atoms with Gasteiger partial charge in [0.1, 0.15) is 0 Å². The smallest absolute Gasteiger partial charge is 0.340 e. The molecule has 0 bridgehead atoms. The second-order valence-electron chi connectivity index (χ2n) is 4.79. The van der Waals surface area contributed by atoms with Crippen LogP contribution in [0.2, 0.25) is 0 Å². The summed E-state index contributed by atoms with van der Waals surface area (Å²) in [5, 5.41) is 2.67. The summed E-state index contributed by atoms with van der Waals surface area (Å²) in [6, 6.07) is 12.6. The van der Waals surface area contributed by atoms with Gasteiger partial charge in [0.25, 0.3) is 5.91 Å². The van der Waals surface area contributed by atoms with Gasteiger partial charge in [0, 0.05) is 5.56 Å². The Morgan fingerprint density at radius 2 is 1.54 bits per heavy atom. The molecule has 0 aromatic heterocycles. The molecule has 6 nitrogen and oxygen atoms in total. The van der Waals surface area contributed by atoms with Gasteiger partial charge in [0.15, 0.2) is 0 Å². The minimum Gasteiger partial charge on any atom is -0.465 e. The first-order valence-electron chi connectivity index (χ1n) is 7.32. The molecule has 0 aliphatic rings. The second-order valence-corrected chi connectivity index (χ2v) is 4.79. The average molecular weight is 327 g/mol. The maximum absolute atomic E-state index is 12.3. The van der Waals surface area contributed by atoms with E-state index in [1.807, 2.05) is 0 Å². The first kappa shape index (κ1) is 17.2. The molecule has 1 amide bonds. The molecule has 24 heavy (non-hydrogen) atoms. The highest BCUT2D eigenvalue weighted by Gasteiger charge is 2.15. The molecular weight excluding hydrogens is 310 g/mol. The number of amides is 1. The van der Waals surface area contributed by atoms with Crippen LogP contribution in [0.15, 0.2) is 48.5 Å². The Labute approximate surface area is 139 Å². The summed E-state index contributed by atoms with van der Waals surface area (Å²) in [5.41, 5.74) is 1.33. The number of ether oxygens (including phenoxy) is 2. The van der Waals surface area contributed by atoms with Gasteiger partial charge in [-0.15, -0.1) is 0 Å². The van der Waals surface area contributed by atoms with Gasteiger partial charge in [-0.1, -0.05) is 12.1 Å². The van der Waals surface area contributed by atoms with Crippen LogP contribution in [0.3, 0.4) is 0 Å². The number of esters is 2. The van der Waals surface area contributed by atoms with Crippen molar-refractivity contribution in [3.05, 3.63) is 65.2 Å². The SMILES string of the molecule is CCOC(=O)c1ccccc1NC(=O)c1ccc(C(=O)OC)cc1. The van der Waals surface area contributed by atoms with Crippen LogP contribution < -0.4 is 5.32 Å².